The number of pyridine rings is 1. The lowest BCUT2D eigenvalue weighted by Crippen LogP contribution is -2.48. The third kappa shape index (κ3) is 4.37. The Morgan fingerprint density at radius 3 is 2.44 bits per heavy atom. The molecule has 2 N–H and O–H groups in total. The van der Waals surface area contributed by atoms with E-state index in [1.54, 1.807) is 30.7 Å². The van der Waals surface area contributed by atoms with E-state index in [0.29, 0.717) is 5.56 Å². The maximum Gasteiger partial charge on any atom is 0.266 e. The monoisotopic (exact) mass is 453 g/mol. The van der Waals surface area contributed by atoms with Gasteiger partial charge in [-0.05, 0) is 40.5 Å². The van der Waals surface area contributed by atoms with E-state index < -0.39 is 27.0 Å². The Kier molecular flexibility index (Phi) is 6.96. The van der Waals surface area contributed by atoms with E-state index in [4.69, 9.17) is 5.21 Å². The number of hydrogen-bond donors (Lipinski definition) is 2. The van der Waals surface area contributed by atoms with Crippen LogP contribution in [0.4, 0.5) is 5.69 Å². The lowest BCUT2D eigenvalue weighted by atomic mass is 10.0. The second-order valence-corrected chi connectivity index (χ2v) is 9.90. The molecule has 3 rings (SSSR count). The summed E-state index contributed by atoms with van der Waals surface area (Å²) in [5, 5.41) is 9.91. The number of carbonyl (C=O) groups excluding carboxylic acids is 1. The van der Waals surface area contributed by atoms with Crippen LogP contribution in [0.15, 0.2) is 78.5 Å². The maximum atomic E-state index is 13.7. The average Bonchev–Trinajstić information content (AvgIpc) is 2.79. The van der Waals surface area contributed by atoms with Gasteiger partial charge >= 0.3 is 0 Å². The smallest absolute Gasteiger partial charge is 0.266 e. The molecule has 0 aliphatic carbocycles. The van der Waals surface area contributed by atoms with Gasteiger partial charge in [-0.2, -0.15) is 0 Å². The highest BCUT2D eigenvalue weighted by Crippen LogP contribution is 2.35. The fourth-order valence-corrected chi connectivity index (χ4v) is 5.67. The number of benzene rings is 2. The number of aromatic nitrogens is 1. The van der Waals surface area contributed by atoms with Crippen molar-refractivity contribution in [2.75, 3.05) is 11.9 Å². The standard InChI is InChI=1S/C24H27N3O4S/c1-5-21(19-13-12-17-9-6-7-10-18(17)15-19)32(30,31)24-20(11-8-14-25-24)27(4)22(16(2)3)23(28)26-29/h5-16,21-22,29H,1H2,2-4H3,(H,26,28). The van der Waals surface area contributed by atoms with E-state index in [1.807, 2.05) is 50.2 Å². The summed E-state index contributed by atoms with van der Waals surface area (Å²) < 4.78 is 27.5. The predicted molar refractivity (Wildman–Crippen MR) is 125 cm³/mol. The minimum Gasteiger partial charge on any atom is -0.360 e. The predicted octanol–water partition coefficient (Wildman–Crippen LogP) is 3.90. The molecule has 1 heterocycles. The first-order valence-electron chi connectivity index (χ1n) is 10.2. The third-order valence-electron chi connectivity index (χ3n) is 5.48. The molecule has 0 spiro atoms. The number of amides is 1. The summed E-state index contributed by atoms with van der Waals surface area (Å²) in [5.74, 6) is -0.844. The number of nitrogens with one attached hydrogen (secondary N) is 1. The fourth-order valence-electron chi connectivity index (χ4n) is 3.96. The van der Waals surface area contributed by atoms with Gasteiger partial charge in [0.2, 0.25) is 9.84 Å². The zero-order chi connectivity index (χ0) is 23.5. The summed E-state index contributed by atoms with van der Waals surface area (Å²) in [6, 6.07) is 15.6. The number of sulfone groups is 1. The van der Waals surface area contributed by atoms with Gasteiger partial charge in [0.1, 0.15) is 11.3 Å². The van der Waals surface area contributed by atoms with E-state index in [9.17, 15) is 13.2 Å². The highest BCUT2D eigenvalue weighted by atomic mass is 32.2. The largest absolute Gasteiger partial charge is 0.360 e. The first-order chi connectivity index (χ1) is 15.2. The van der Waals surface area contributed by atoms with Crippen LogP contribution in [0.3, 0.4) is 0 Å². The molecule has 2 unspecified atom stereocenters. The van der Waals surface area contributed by atoms with Gasteiger partial charge < -0.3 is 4.90 Å². The lowest BCUT2D eigenvalue weighted by Gasteiger charge is -2.32. The minimum absolute atomic E-state index is 0.156. The van der Waals surface area contributed by atoms with Crippen LogP contribution in [0.25, 0.3) is 10.8 Å². The molecule has 7 nitrogen and oxygen atoms in total. The van der Waals surface area contributed by atoms with Gasteiger partial charge in [-0.1, -0.05) is 56.3 Å². The van der Waals surface area contributed by atoms with Gasteiger partial charge in [0.15, 0.2) is 5.03 Å². The zero-order valence-electron chi connectivity index (χ0n) is 18.3. The van der Waals surface area contributed by atoms with Crippen LogP contribution < -0.4 is 10.4 Å². The normalized spacial score (nSPS) is 13.5. The van der Waals surface area contributed by atoms with Crippen molar-refractivity contribution in [1.82, 2.24) is 10.5 Å². The van der Waals surface area contributed by atoms with Crippen molar-refractivity contribution < 1.29 is 18.4 Å². The summed E-state index contributed by atoms with van der Waals surface area (Å²) in [6.07, 6.45) is 2.79. The van der Waals surface area contributed by atoms with Crippen molar-refractivity contribution in [3.63, 3.8) is 0 Å². The number of nitrogens with zero attached hydrogens (tertiary/aromatic N) is 2. The number of likely N-dealkylation sites (N-methyl/N-ethyl adjacent to an activating group) is 1. The highest BCUT2D eigenvalue weighted by Gasteiger charge is 2.34. The molecule has 3 aromatic rings. The van der Waals surface area contributed by atoms with E-state index in [1.165, 1.54) is 17.2 Å². The molecule has 2 aromatic carbocycles. The molecule has 0 bridgehead atoms. The minimum atomic E-state index is -4.01. The van der Waals surface area contributed by atoms with Crippen LogP contribution in [0.5, 0.6) is 0 Å². The molecule has 168 valence electrons. The van der Waals surface area contributed by atoms with Crippen molar-refractivity contribution >= 4 is 32.2 Å². The molecule has 0 saturated carbocycles. The second-order valence-electron chi connectivity index (χ2n) is 7.91. The Hall–Kier alpha value is -3.23. The van der Waals surface area contributed by atoms with Gasteiger partial charge in [-0.25, -0.2) is 18.9 Å². The molecule has 1 amide bonds. The Balaban J connectivity index is 2.11. The second kappa shape index (κ2) is 9.50. The van der Waals surface area contributed by atoms with Gasteiger partial charge in [-0.15, -0.1) is 6.58 Å². The number of fused-ring (bicyclic) bond motifs is 1. The van der Waals surface area contributed by atoms with E-state index in [0.717, 1.165) is 10.8 Å². The van der Waals surface area contributed by atoms with Crippen LogP contribution in [-0.2, 0) is 14.6 Å². The van der Waals surface area contributed by atoms with Crippen molar-refractivity contribution in [3.05, 3.63) is 79.0 Å². The molecule has 1 aromatic heterocycles. The summed E-state index contributed by atoms with van der Waals surface area (Å²) in [4.78, 5) is 18.0. The Morgan fingerprint density at radius 1 is 1.12 bits per heavy atom. The van der Waals surface area contributed by atoms with Crippen LogP contribution in [0.2, 0.25) is 0 Å². The molecular weight excluding hydrogens is 426 g/mol. The Morgan fingerprint density at radius 2 is 1.81 bits per heavy atom. The van der Waals surface area contributed by atoms with Gasteiger partial charge in [0.05, 0.1) is 5.69 Å². The summed E-state index contributed by atoms with van der Waals surface area (Å²) in [7, 11) is -2.40. The van der Waals surface area contributed by atoms with Gasteiger partial charge in [0.25, 0.3) is 5.91 Å². The number of rotatable bonds is 8. The Bertz CT molecular complexity index is 1240. The van der Waals surface area contributed by atoms with Gasteiger partial charge in [-0.3, -0.25) is 10.0 Å². The third-order valence-corrected chi connectivity index (χ3v) is 7.47. The molecule has 0 fully saturated rings. The number of hydroxylamine groups is 1. The molecule has 0 radical (unpaired) electrons. The maximum absolute atomic E-state index is 13.7. The summed E-state index contributed by atoms with van der Waals surface area (Å²) in [5.41, 5.74) is 2.51. The molecule has 0 aliphatic heterocycles. The van der Waals surface area contributed by atoms with Crippen LogP contribution in [0, 0.1) is 5.92 Å². The quantitative estimate of drug-likeness (QED) is 0.305. The van der Waals surface area contributed by atoms with Gasteiger partial charge in [0, 0.05) is 13.2 Å². The highest BCUT2D eigenvalue weighted by molar-refractivity contribution is 7.91. The van der Waals surface area contributed by atoms with E-state index in [2.05, 4.69) is 11.6 Å². The van der Waals surface area contributed by atoms with Crippen molar-refractivity contribution in [2.45, 2.75) is 30.2 Å². The molecule has 0 aliphatic rings. The van der Waals surface area contributed by atoms with Crippen LogP contribution >= 0.6 is 0 Å². The van der Waals surface area contributed by atoms with E-state index >= 15 is 0 Å². The molecular formula is C24H27N3O4S. The van der Waals surface area contributed by atoms with Crippen LogP contribution in [0.1, 0.15) is 24.7 Å². The number of anilines is 1. The summed E-state index contributed by atoms with van der Waals surface area (Å²) in [6.45, 7) is 7.39. The molecule has 8 heteroatoms. The zero-order valence-corrected chi connectivity index (χ0v) is 19.1. The number of hydrogen-bond acceptors (Lipinski definition) is 6. The number of carbonyl (C=O) groups is 1. The fraction of sp³-hybridized carbons (Fsp3) is 0.250. The first kappa shape index (κ1) is 23.4. The first-order valence-corrected chi connectivity index (χ1v) is 11.7. The van der Waals surface area contributed by atoms with Crippen molar-refractivity contribution in [1.29, 1.82) is 0 Å². The summed E-state index contributed by atoms with van der Waals surface area (Å²) >= 11 is 0. The molecule has 2 atom stereocenters. The van der Waals surface area contributed by atoms with Crippen molar-refractivity contribution in [2.24, 2.45) is 5.92 Å². The molecule has 0 saturated heterocycles. The molecule has 32 heavy (non-hydrogen) atoms. The SMILES string of the molecule is C=CC(c1ccc2ccccc2c1)S(=O)(=O)c1ncccc1N(C)C(C(=O)NO)C(C)C. The topological polar surface area (TPSA) is 99.6 Å². The Labute approximate surface area is 188 Å². The lowest BCUT2D eigenvalue weighted by molar-refractivity contribution is -0.131. The van der Waals surface area contributed by atoms with E-state index in [-0.39, 0.29) is 16.6 Å². The van der Waals surface area contributed by atoms with Crippen LogP contribution in [-0.4, -0.2) is 37.6 Å². The van der Waals surface area contributed by atoms with Crippen molar-refractivity contribution in [3.8, 4) is 0 Å². The average molecular weight is 454 g/mol.